The number of anilines is 3. The number of halogens is 3. The molecule has 0 radical (unpaired) electrons. The lowest BCUT2D eigenvalue weighted by molar-refractivity contribution is -0.138. The van der Waals surface area contributed by atoms with E-state index < -0.39 is 17.6 Å². The van der Waals surface area contributed by atoms with E-state index in [1.165, 1.54) is 12.1 Å². The Balaban J connectivity index is 1.29. The molecule has 1 fully saturated rings. The quantitative estimate of drug-likeness (QED) is 0.288. The van der Waals surface area contributed by atoms with Crippen LogP contribution in [0.3, 0.4) is 0 Å². The monoisotopic (exact) mass is 576 g/mol. The molecule has 1 aliphatic heterocycles. The van der Waals surface area contributed by atoms with Crippen molar-refractivity contribution in [2.45, 2.75) is 32.1 Å². The van der Waals surface area contributed by atoms with E-state index in [0.29, 0.717) is 41.3 Å². The standard InChI is InChI=1S/C30H31F3N8O/c1-19-5-8-23(14-26(19)39-29-36-15-22(16-37-29)27-34-10-4-11-35-27)38-28(42)20-6-7-21(25(13-20)30(31,32)33)17-41-12-9-24(18-41)40(2)3/h4-8,10-11,13-16,24H,9,12,17-18H2,1-3H3,(H,38,42)(H,36,37,39)/t24-/m0/s1. The number of hydrogen-bond acceptors (Lipinski definition) is 8. The Bertz CT molecular complexity index is 1540. The number of nitrogens with one attached hydrogen (secondary N) is 2. The molecule has 0 bridgehead atoms. The van der Waals surface area contributed by atoms with Gasteiger partial charge in [0.1, 0.15) is 0 Å². The number of benzene rings is 2. The van der Waals surface area contributed by atoms with E-state index in [2.05, 4.69) is 35.5 Å². The molecule has 218 valence electrons. The van der Waals surface area contributed by atoms with Crippen LogP contribution in [0.1, 0.15) is 33.5 Å². The summed E-state index contributed by atoms with van der Waals surface area (Å²) < 4.78 is 42.1. The van der Waals surface area contributed by atoms with Crippen LogP contribution in [0.4, 0.5) is 30.5 Å². The molecule has 9 nitrogen and oxygen atoms in total. The number of aromatic nitrogens is 4. The summed E-state index contributed by atoms with van der Waals surface area (Å²) in [6.07, 6.45) is 2.77. The highest BCUT2D eigenvalue weighted by atomic mass is 19.4. The minimum Gasteiger partial charge on any atom is -0.324 e. The second kappa shape index (κ2) is 12.2. The lowest BCUT2D eigenvalue weighted by atomic mass is 10.0. The van der Waals surface area contributed by atoms with Crippen molar-refractivity contribution in [3.05, 3.63) is 89.5 Å². The maximum atomic E-state index is 14.0. The van der Waals surface area contributed by atoms with Gasteiger partial charge in [0.2, 0.25) is 5.95 Å². The molecular formula is C30H31F3N8O. The summed E-state index contributed by atoms with van der Waals surface area (Å²) in [7, 11) is 3.95. The van der Waals surface area contributed by atoms with Crippen molar-refractivity contribution in [3.8, 4) is 11.4 Å². The van der Waals surface area contributed by atoms with Gasteiger partial charge in [-0.2, -0.15) is 13.2 Å². The summed E-state index contributed by atoms with van der Waals surface area (Å²) in [5.41, 5.74) is 1.84. The predicted molar refractivity (Wildman–Crippen MR) is 154 cm³/mol. The molecule has 1 aliphatic rings. The normalized spacial score (nSPS) is 15.6. The maximum absolute atomic E-state index is 14.0. The fraction of sp³-hybridized carbons (Fsp3) is 0.300. The Morgan fingerprint density at radius 2 is 1.79 bits per heavy atom. The molecule has 5 rings (SSSR count). The van der Waals surface area contributed by atoms with Crippen molar-refractivity contribution in [3.63, 3.8) is 0 Å². The van der Waals surface area contributed by atoms with Crippen LogP contribution in [0.15, 0.2) is 67.3 Å². The Morgan fingerprint density at radius 1 is 1.05 bits per heavy atom. The summed E-state index contributed by atoms with van der Waals surface area (Å²) >= 11 is 0. The number of carbonyl (C=O) groups is 1. The molecule has 0 spiro atoms. The lowest BCUT2D eigenvalue weighted by Gasteiger charge is -2.22. The number of amides is 1. The highest BCUT2D eigenvalue weighted by molar-refractivity contribution is 6.04. The van der Waals surface area contributed by atoms with Gasteiger partial charge in [0.05, 0.1) is 11.1 Å². The molecule has 1 saturated heterocycles. The first-order valence-electron chi connectivity index (χ1n) is 13.4. The van der Waals surface area contributed by atoms with Crippen LogP contribution < -0.4 is 10.6 Å². The summed E-state index contributed by atoms with van der Waals surface area (Å²) in [5, 5.41) is 5.83. The second-order valence-electron chi connectivity index (χ2n) is 10.5. The van der Waals surface area contributed by atoms with Crippen LogP contribution in [0.2, 0.25) is 0 Å². The molecule has 3 heterocycles. The highest BCUT2D eigenvalue weighted by Crippen LogP contribution is 2.34. The van der Waals surface area contributed by atoms with E-state index in [4.69, 9.17) is 0 Å². The predicted octanol–water partition coefficient (Wildman–Crippen LogP) is 5.39. The van der Waals surface area contributed by atoms with Gasteiger partial charge in [0, 0.05) is 67.4 Å². The summed E-state index contributed by atoms with van der Waals surface area (Å²) in [5.74, 6) is 0.182. The Kier molecular flexibility index (Phi) is 8.46. The van der Waals surface area contributed by atoms with Gasteiger partial charge in [0.15, 0.2) is 5.82 Å². The Hall–Kier alpha value is -4.42. The molecule has 0 saturated carbocycles. The van der Waals surface area contributed by atoms with Crippen LogP contribution in [-0.2, 0) is 12.7 Å². The third-order valence-electron chi connectivity index (χ3n) is 7.27. The maximum Gasteiger partial charge on any atom is 0.416 e. The molecule has 4 aromatic rings. The van der Waals surface area contributed by atoms with Crippen molar-refractivity contribution < 1.29 is 18.0 Å². The van der Waals surface area contributed by atoms with E-state index in [1.807, 2.05) is 25.9 Å². The zero-order valence-electron chi connectivity index (χ0n) is 23.5. The van der Waals surface area contributed by atoms with Crippen LogP contribution >= 0.6 is 0 Å². The van der Waals surface area contributed by atoms with E-state index in [-0.39, 0.29) is 17.7 Å². The van der Waals surface area contributed by atoms with Gasteiger partial charge in [-0.05, 0) is 68.9 Å². The fourth-order valence-electron chi connectivity index (χ4n) is 4.85. The van der Waals surface area contributed by atoms with Gasteiger partial charge in [-0.25, -0.2) is 19.9 Å². The van der Waals surface area contributed by atoms with Crippen LogP contribution in [0.25, 0.3) is 11.4 Å². The molecule has 0 aliphatic carbocycles. The summed E-state index contributed by atoms with van der Waals surface area (Å²) in [6, 6.07) is 11.0. The smallest absolute Gasteiger partial charge is 0.324 e. The molecule has 2 aromatic heterocycles. The summed E-state index contributed by atoms with van der Waals surface area (Å²) in [4.78, 5) is 34.1. The number of aryl methyl sites for hydroxylation is 1. The van der Waals surface area contributed by atoms with Crippen molar-refractivity contribution >= 4 is 23.2 Å². The first-order chi connectivity index (χ1) is 20.1. The van der Waals surface area contributed by atoms with E-state index in [1.54, 1.807) is 49.1 Å². The first kappa shape index (κ1) is 29.1. The zero-order valence-corrected chi connectivity index (χ0v) is 23.5. The second-order valence-corrected chi connectivity index (χ2v) is 10.5. The van der Waals surface area contributed by atoms with Crippen LogP contribution in [-0.4, -0.2) is 68.9 Å². The zero-order chi connectivity index (χ0) is 29.9. The third kappa shape index (κ3) is 6.89. The first-order valence-corrected chi connectivity index (χ1v) is 13.4. The SMILES string of the molecule is Cc1ccc(NC(=O)c2ccc(CN3CC[C@H](N(C)C)C3)c(C(F)(F)F)c2)cc1Nc1ncc(-c2ncccn2)cn1. The third-order valence-corrected chi connectivity index (χ3v) is 7.27. The van der Waals surface area contributed by atoms with Crippen molar-refractivity contribution in [2.24, 2.45) is 0 Å². The number of likely N-dealkylation sites (tertiary alicyclic amines) is 1. The number of likely N-dealkylation sites (N-methyl/N-ethyl adjacent to an activating group) is 1. The van der Waals surface area contributed by atoms with Crippen molar-refractivity contribution in [1.29, 1.82) is 0 Å². The fourth-order valence-corrected chi connectivity index (χ4v) is 4.85. The molecule has 12 heteroatoms. The molecule has 2 aromatic carbocycles. The summed E-state index contributed by atoms with van der Waals surface area (Å²) in [6.45, 7) is 3.47. The highest BCUT2D eigenvalue weighted by Gasteiger charge is 2.35. The average molecular weight is 577 g/mol. The van der Waals surface area contributed by atoms with Gasteiger partial charge in [0.25, 0.3) is 5.91 Å². The molecular weight excluding hydrogens is 545 g/mol. The van der Waals surface area contributed by atoms with E-state index in [9.17, 15) is 18.0 Å². The van der Waals surface area contributed by atoms with Crippen molar-refractivity contribution in [1.82, 2.24) is 29.7 Å². The average Bonchev–Trinajstić information content (AvgIpc) is 3.44. The topological polar surface area (TPSA) is 99.2 Å². The number of hydrogen-bond donors (Lipinski definition) is 2. The molecule has 0 unspecified atom stereocenters. The lowest BCUT2D eigenvalue weighted by Crippen LogP contribution is -2.31. The molecule has 42 heavy (non-hydrogen) atoms. The van der Waals surface area contributed by atoms with E-state index in [0.717, 1.165) is 24.6 Å². The Morgan fingerprint density at radius 3 is 2.45 bits per heavy atom. The van der Waals surface area contributed by atoms with Gasteiger partial charge in [-0.1, -0.05) is 12.1 Å². The number of nitrogens with zero attached hydrogens (tertiary/aromatic N) is 6. The minimum absolute atomic E-state index is 0.0733. The van der Waals surface area contributed by atoms with Gasteiger partial charge in [-0.15, -0.1) is 0 Å². The largest absolute Gasteiger partial charge is 0.416 e. The molecule has 1 atom stereocenters. The minimum atomic E-state index is -4.59. The van der Waals surface area contributed by atoms with Gasteiger partial charge in [-0.3, -0.25) is 9.69 Å². The van der Waals surface area contributed by atoms with Gasteiger partial charge < -0.3 is 15.5 Å². The van der Waals surface area contributed by atoms with Crippen molar-refractivity contribution in [2.75, 3.05) is 37.8 Å². The number of alkyl halides is 3. The van der Waals surface area contributed by atoms with Crippen LogP contribution in [0, 0.1) is 6.92 Å². The van der Waals surface area contributed by atoms with Crippen LogP contribution in [0.5, 0.6) is 0 Å². The number of rotatable bonds is 8. The van der Waals surface area contributed by atoms with E-state index >= 15 is 0 Å². The molecule has 1 amide bonds. The Labute approximate surface area is 241 Å². The molecule has 2 N–H and O–H groups in total. The number of carbonyl (C=O) groups excluding carboxylic acids is 1. The van der Waals surface area contributed by atoms with Gasteiger partial charge >= 0.3 is 6.18 Å².